The normalized spacial score (nSPS) is 10.8. The number of hydrogen-bond acceptors (Lipinski definition) is 5. The average Bonchev–Trinajstić information content (AvgIpc) is 3.22. The van der Waals surface area contributed by atoms with Gasteiger partial charge in [-0.2, -0.15) is 0 Å². The monoisotopic (exact) mass is 458 g/mol. The van der Waals surface area contributed by atoms with Crippen LogP contribution in [0.3, 0.4) is 0 Å². The Morgan fingerprint density at radius 1 is 0.882 bits per heavy atom. The van der Waals surface area contributed by atoms with Gasteiger partial charge < -0.3 is 24.5 Å². The molecule has 0 unspecified atom stereocenters. The van der Waals surface area contributed by atoms with Crippen molar-refractivity contribution < 1.29 is 23.5 Å². The number of anilines is 2. The molecule has 1 heterocycles. The highest BCUT2D eigenvalue weighted by Gasteiger charge is 2.22. The summed E-state index contributed by atoms with van der Waals surface area (Å²) in [5, 5.41) is 6.19. The van der Waals surface area contributed by atoms with Gasteiger partial charge >= 0.3 is 0 Å². The summed E-state index contributed by atoms with van der Waals surface area (Å²) in [5.41, 5.74) is 2.54. The zero-order chi connectivity index (χ0) is 24.1. The summed E-state index contributed by atoms with van der Waals surface area (Å²) in [6.45, 7) is 4.02. The van der Waals surface area contributed by atoms with Crippen molar-refractivity contribution in [1.29, 1.82) is 0 Å². The summed E-state index contributed by atoms with van der Waals surface area (Å²) in [4.78, 5) is 25.7. The lowest BCUT2D eigenvalue weighted by Crippen LogP contribution is -2.22. The second kappa shape index (κ2) is 10.1. The number of carbonyl (C=O) groups excluding carboxylic acids is 2. The highest BCUT2D eigenvalue weighted by atomic mass is 16.5. The third kappa shape index (κ3) is 5.20. The molecule has 4 rings (SSSR count). The van der Waals surface area contributed by atoms with Gasteiger partial charge in [-0.1, -0.05) is 38.1 Å². The van der Waals surface area contributed by atoms with E-state index in [2.05, 4.69) is 24.5 Å². The number of para-hydroxylation sites is 1. The minimum absolute atomic E-state index is 0.00616. The second-order valence-corrected chi connectivity index (χ2v) is 8.05. The lowest BCUT2D eigenvalue weighted by molar-refractivity contribution is -0.118. The van der Waals surface area contributed by atoms with Crippen LogP contribution in [0.1, 0.15) is 35.9 Å². The quantitative estimate of drug-likeness (QED) is 0.346. The van der Waals surface area contributed by atoms with Crippen molar-refractivity contribution >= 4 is 34.2 Å². The molecule has 174 valence electrons. The van der Waals surface area contributed by atoms with Crippen LogP contribution in [0.4, 0.5) is 11.4 Å². The molecule has 0 bridgehead atoms. The number of hydrogen-bond donors (Lipinski definition) is 2. The molecule has 0 saturated carbocycles. The van der Waals surface area contributed by atoms with Crippen molar-refractivity contribution in [3.05, 3.63) is 84.1 Å². The first-order valence-corrected chi connectivity index (χ1v) is 10.9. The molecule has 2 amide bonds. The molecule has 0 aliphatic carbocycles. The summed E-state index contributed by atoms with van der Waals surface area (Å²) < 4.78 is 16.6. The molecule has 0 spiro atoms. The SMILES string of the molecule is COc1ccc(NC(=O)c2oc3ccccc3c2NC(=O)COc2ccc(C(C)C)cc2)cc1. The number of nitrogens with one attached hydrogen (secondary N) is 2. The van der Waals surface area contributed by atoms with Crippen LogP contribution in [-0.4, -0.2) is 25.5 Å². The van der Waals surface area contributed by atoms with Gasteiger partial charge in [0.15, 0.2) is 6.61 Å². The Labute approximate surface area is 197 Å². The molecule has 0 atom stereocenters. The van der Waals surface area contributed by atoms with Crippen LogP contribution < -0.4 is 20.1 Å². The van der Waals surface area contributed by atoms with Crippen molar-refractivity contribution in [2.45, 2.75) is 19.8 Å². The number of methoxy groups -OCH3 is 1. The average molecular weight is 459 g/mol. The number of ether oxygens (including phenoxy) is 2. The van der Waals surface area contributed by atoms with Crippen molar-refractivity contribution in [1.82, 2.24) is 0 Å². The van der Waals surface area contributed by atoms with E-state index in [-0.39, 0.29) is 12.4 Å². The van der Waals surface area contributed by atoms with Crippen LogP contribution in [0.25, 0.3) is 11.0 Å². The predicted molar refractivity (Wildman–Crippen MR) is 132 cm³/mol. The summed E-state index contributed by atoms with van der Waals surface area (Å²) in [6, 6.07) is 21.7. The Morgan fingerprint density at radius 3 is 2.24 bits per heavy atom. The molecule has 0 radical (unpaired) electrons. The van der Waals surface area contributed by atoms with E-state index in [1.165, 1.54) is 5.56 Å². The maximum Gasteiger partial charge on any atom is 0.293 e. The summed E-state index contributed by atoms with van der Waals surface area (Å²) in [6.07, 6.45) is 0. The predicted octanol–water partition coefficient (Wildman–Crippen LogP) is 5.83. The van der Waals surface area contributed by atoms with Gasteiger partial charge in [0.2, 0.25) is 5.76 Å². The largest absolute Gasteiger partial charge is 0.497 e. The lowest BCUT2D eigenvalue weighted by atomic mass is 10.0. The molecule has 7 nitrogen and oxygen atoms in total. The standard InChI is InChI=1S/C27H26N2O5/c1-17(2)18-8-12-21(13-9-18)33-16-24(30)29-25-22-6-4-5-7-23(22)34-26(25)27(31)28-19-10-14-20(32-3)15-11-19/h4-15,17H,16H2,1-3H3,(H,28,31)(H,29,30). The fraction of sp³-hybridized carbons (Fsp3) is 0.185. The molecule has 0 aliphatic heterocycles. The van der Waals surface area contributed by atoms with E-state index in [9.17, 15) is 9.59 Å². The van der Waals surface area contributed by atoms with E-state index >= 15 is 0 Å². The lowest BCUT2D eigenvalue weighted by Gasteiger charge is -2.10. The Balaban J connectivity index is 1.50. The van der Waals surface area contributed by atoms with Gasteiger partial charge in [0.05, 0.1) is 7.11 Å². The number of amides is 2. The number of rotatable bonds is 8. The van der Waals surface area contributed by atoms with E-state index in [0.717, 1.165) is 0 Å². The maximum absolute atomic E-state index is 13.0. The van der Waals surface area contributed by atoms with E-state index < -0.39 is 11.8 Å². The topological polar surface area (TPSA) is 89.8 Å². The van der Waals surface area contributed by atoms with Gasteiger partial charge in [0.25, 0.3) is 11.8 Å². The minimum Gasteiger partial charge on any atom is -0.497 e. The molecule has 2 N–H and O–H groups in total. The van der Waals surface area contributed by atoms with Crippen molar-refractivity contribution in [3.63, 3.8) is 0 Å². The van der Waals surface area contributed by atoms with Crippen LogP contribution in [0, 0.1) is 0 Å². The van der Waals surface area contributed by atoms with Gasteiger partial charge in [-0.15, -0.1) is 0 Å². The Bertz CT molecular complexity index is 1290. The maximum atomic E-state index is 13.0. The summed E-state index contributed by atoms with van der Waals surface area (Å²) in [5.74, 6) is 0.795. The first kappa shape index (κ1) is 22.9. The third-order valence-corrected chi connectivity index (χ3v) is 5.33. The zero-order valence-electron chi connectivity index (χ0n) is 19.3. The smallest absolute Gasteiger partial charge is 0.293 e. The van der Waals surface area contributed by atoms with Gasteiger partial charge in [0.1, 0.15) is 22.8 Å². The van der Waals surface area contributed by atoms with Crippen LogP contribution in [0.2, 0.25) is 0 Å². The van der Waals surface area contributed by atoms with E-state index in [0.29, 0.717) is 39.8 Å². The first-order valence-electron chi connectivity index (χ1n) is 10.9. The third-order valence-electron chi connectivity index (χ3n) is 5.33. The van der Waals surface area contributed by atoms with Gasteiger partial charge in [-0.25, -0.2) is 0 Å². The number of carbonyl (C=O) groups is 2. The Hall–Kier alpha value is -4.26. The van der Waals surface area contributed by atoms with E-state index in [1.54, 1.807) is 49.6 Å². The van der Waals surface area contributed by atoms with Crippen LogP contribution in [-0.2, 0) is 4.79 Å². The molecule has 7 heteroatoms. The van der Waals surface area contributed by atoms with Crippen LogP contribution in [0.5, 0.6) is 11.5 Å². The number of furan rings is 1. The Morgan fingerprint density at radius 2 is 1.56 bits per heavy atom. The number of fused-ring (bicyclic) bond motifs is 1. The van der Waals surface area contributed by atoms with Crippen LogP contribution in [0.15, 0.2) is 77.2 Å². The minimum atomic E-state index is -0.484. The van der Waals surface area contributed by atoms with Crippen molar-refractivity contribution in [2.75, 3.05) is 24.4 Å². The molecule has 34 heavy (non-hydrogen) atoms. The molecule has 0 fully saturated rings. The molecular weight excluding hydrogens is 432 g/mol. The molecule has 3 aromatic carbocycles. The zero-order valence-corrected chi connectivity index (χ0v) is 19.3. The molecule has 0 aliphatic rings. The molecular formula is C27H26N2O5. The molecule has 0 saturated heterocycles. The summed E-state index contributed by atoms with van der Waals surface area (Å²) >= 11 is 0. The first-order chi connectivity index (χ1) is 16.4. The highest BCUT2D eigenvalue weighted by Crippen LogP contribution is 2.31. The summed E-state index contributed by atoms with van der Waals surface area (Å²) in [7, 11) is 1.57. The van der Waals surface area contributed by atoms with Crippen LogP contribution >= 0.6 is 0 Å². The fourth-order valence-corrected chi connectivity index (χ4v) is 3.47. The fourth-order valence-electron chi connectivity index (χ4n) is 3.47. The van der Waals surface area contributed by atoms with E-state index in [4.69, 9.17) is 13.9 Å². The molecule has 4 aromatic rings. The van der Waals surface area contributed by atoms with Gasteiger partial charge in [-0.3, -0.25) is 9.59 Å². The van der Waals surface area contributed by atoms with Crippen molar-refractivity contribution in [3.8, 4) is 11.5 Å². The van der Waals surface area contributed by atoms with Crippen molar-refractivity contribution in [2.24, 2.45) is 0 Å². The second-order valence-electron chi connectivity index (χ2n) is 8.05. The van der Waals surface area contributed by atoms with Gasteiger partial charge in [0, 0.05) is 11.1 Å². The molecule has 1 aromatic heterocycles. The van der Waals surface area contributed by atoms with Gasteiger partial charge in [-0.05, 0) is 60.0 Å². The van der Waals surface area contributed by atoms with E-state index in [1.807, 2.05) is 30.3 Å². The number of benzene rings is 3. The highest BCUT2D eigenvalue weighted by molar-refractivity contribution is 6.14. The Kier molecular flexibility index (Phi) is 6.82.